The van der Waals surface area contributed by atoms with Crippen LogP contribution in [0.15, 0.2) is 54.6 Å². The Morgan fingerprint density at radius 1 is 0.879 bits per heavy atom. The summed E-state index contributed by atoms with van der Waals surface area (Å²) < 4.78 is 0. The van der Waals surface area contributed by atoms with Gasteiger partial charge in [-0.1, -0.05) is 24.6 Å². The molecule has 1 unspecified atom stereocenters. The number of imide groups is 2. The van der Waals surface area contributed by atoms with Crippen LogP contribution in [-0.4, -0.2) is 95.6 Å². The van der Waals surface area contributed by atoms with Gasteiger partial charge in [-0.25, -0.2) is 4.85 Å². The van der Waals surface area contributed by atoms with E-state index in [2.05, 4.69) is 50.8 Å². The molecule has 0 saturated carbocycles. The van der Waals surface area contributed by atoms with Gasteiger partial charge in [0.1, 0.15) is 6.04 Å². The third kappa shape index (κ3) is 6.82. The molecule has 13 heteroatoms. The number of nitrogens with one attached hydrogen (secondary N) is 1. The van der Waals surface area contributed by atoms with Gasteiger partial charge in [-0.15, -0.1) is 0 Å². The zero-order valence-electron chi connectivity index (χ0n) is 33.1. The molecular formula is C45H48ClN7O5. The highest BCUT2D eigenvalue weighted by Crippen LogP contribution is 2.46. The van der Waals surface area contributed by atoms with Gasteiger partial charge < -0.3 is 14.7 Å². The van der Waals surface area contributed by atoms with E-state index < -0.39 is 29.7 Å². The Kier molecular flexibility index (Phi) is 9.59. The third-order valence-electron chi connectivity index (χ3n) is 13.9. The Hall–Kier alpha value is -5.25. The lowest BCUT2D eigenvalue weighted by Crippen LogP contribution is -2.54. The zero-order valence-corrected chi connectivity index (χ0v) is 33.8. The van der Waals surface area contributed by atoms with Crippen molar-refractivity contribution in [1.82, 2.24) is 20.0 Å². The van der Waals surface area contributed by atoms with Crippen LogP contribution >= 0.6 is 11.6 Å². The molecule has 300 valence electrons. The van der Waals surface area contributed by atoms with Gasteiger partial charge >= 0.3 is 0 Å². The molecule has 0 aliphatic carbocycles. The number of rotatable bonds is 6. The Morgan fingerprint density at radius 3 is 2.12 bits per heavy atom. The van der Waals surface area contributed by atoms with E-state index in [1.807, 2.05) is 47.4 Å². The molecule has 3 aromatic carbocycles. The monoisotopic (exact) mass is 801 g/mol. The summed E-state index contributed by atoms with van der Waals surface area (Å²) in [6, 6.07) is 17.0. The van der Waals surface area contributed by atoms with Crippen molar-refractivity contribution in [2.75, 3.05) is 49.1 Å². The van der Waals surface area contributed by atoms with Crippen molar-refractivity contribution in [3.8, 4) is 0 Å². The molecule has 4 fully saturated rings. The molecule has 12 nitrogen and oxygen atoms in total. The van der Waals surface area contributed by atoms with Gasteiger partial charge in [-0.05, 0) is 116 Å². The fraction of sp³-hybridized carbons (Fsp3) is 0.467. The van der Waals surface area contributed by atoms with Gasteiger partial charge in [0.05, 0.1) is 17.7 Å². The molecule has 58 heavy (non-hydrogen) atoms. The molecule has 0 aromatic heterocycles. The highest BCUT2D eigenvalue weighted by atomic mass is 35.5. The van der Waals surface area contributed by atoms with Crippen LogP contribution in [0.5, 0.6) is 0 Å². The zero-order chi connectivity index (χ0) is 40.5. The summed E-state index contributed by atoms with van der Waals surface area (Å²) in [5.41, 5.74) is 6.38. The molecule has 1 spiro atoms. The Labute approximate surface area is 343 Å². The molecule has 6 heterocycles. The summed E-state index contributed by atoms with van der Waals surface area (Å²) >= 11 is 6.39. The maximum absolute atomic E-state index is 13.7. The maximum Gasteiger partial charge on any atom is 0.262 e. The first-order valence-corrected chi connectivity index (χ1v) is 20.9. The van der Waals surface area contributed by atoms with Crippen LogP contribution < -0.4 is 15.1 Å². The first-order valence-electron chi connectivity index (χ1n) is 20.5. The number of hydrogen-bond donors (Lipinski definition) is 1. The molecule has 5 amide bonds. The number of nitrogens with zero attached hydrogens (tertiary/aromatic N) is 6. The van der Waals surface area contributed by atoms with E-state index in [9.17, 15) is 24.0 Å². The molecule has 1 N–H and O–H groups in total. The van der Waals surface area contributed by atoms with Crippen molar-refractivity contribution in [1.29, 1.82) is 0 Å². The number of amides is 5. The summed E-state index contributed by atoms with van der Waals surface area (Å²) in [6.07, 6.45) is 5.33. The number of carbonyl (C=O) groups excluding carboxylic acids is 5. The number of piperidine rings is 3. The average molecular weight is 802 g/mol. The average Bonchev–Trinajstić information content (AvgIpc) is 3.83. The smallest absolute Gasteiger partial charge is 0.262 e. The van der Waals surface area contributed by atoms with Gasteiger partial charge in [0.2, 0.25) is 17.5 Å². The fourth-order valence-corrected chi connectivity index (χ4v) is 10.7. The van der Waals surface area contributed by atoms with Crippen molar-refractivity contribution in [3.05, 3.63) is 98.9 Å². The molecule has 4 saturated heterocycles. The number of hydrogen-bond acceptors (Lipinski definition) is 8. The lowest BCUT2D eigenvalue weighted by molar-refractivity contribution is -0.136. The van der Waals surface area contributed by atoms with E-state index >= 15 is 0 Å². The van der Waals surface area contributed by atoms with Gasteiger partial charge in [-0.2, -0.15) is 0 Å². The van der Waals surface area contributed by atoms with E-state index in [1.165, 1.54) is 0 Å². The van der Waals surface area contributed by atoms with E-state index in [1.54, 1.807) is 0 Å². The first kappa shape index (κ1) is 38.3. The van der Waals surface area contributed by atoms with E-state index in [0.717, 1.165) is 85.7 Å². The van der Waals surface area contributed by atoms with Crippen LogP contribution in [0.4, 0.5) is 17.1 Å². The van der Waals surface area contributed by atoms with Crippen LogP contribution in [-0.2, 0) is 22.7 Å². The Bertz CT molecular complexity index is 2230. The first-order chi connectivity index (χ1) is 27.8. The maximum atomic E-state index is 13.7. The second kappa shape index (κ2) is 14.5. The topological polar surface area (TPSA) is 118 Å². The molecule has 0 bridgehead atoms. The quantitative estimate of drug-likeness (QED) is 0.224. The van der Waals surface area contributed by atoms with Gasteiger partial charge in [-0.3, -0.25) is 39.1 Å². The lowest BCUT2D eigenvalue weighted by Gasteiger charge is -2.41. The minimum absolute atomic E-state index is 0.00941. The van der Waals surface area contributed by atoms with Crippen LogP contribution in [0.2, 0.25) is 5.02 Å². The predicted molar refractivity (Wildman–Crippen MR) is 220 cm³/mol. The van der Waals surface area contributed by atoms with Crippen molar-refractivity contribution in [3.63, 3.8) is 0 Å². The largest absolute Gasteiger partial charge is 0.371 e. The Balaban J connectivity index is 0.759. The van der Waals surface area contributed by atoms with Crippen LogP contribution in [0.25, 0.3) is 4.85 Å². The van der Waals surface area contributed by atoms with Crippen molar-refractivity contribution in [2.45, 2.75) is 84.0 Å². The van der Waals surface area contributed by atoms with Crippen molar-refractivity contribution < 1.29 is 24.0 Å². The number of likely N-dealkylation sites (tertiary alicyclic amines) is 1. The summed E-state index contributed by atoms with van der Waals surface area (Å²) in [7, 11) is 0. The summed E-state index contributed by atoms with van der Waals surface area (Å²) in [5.74, 6) is -1.88. The van der Waals surface area contributed by atoms with Crippen molar-refractivity contribution in [2.24, 2.45) is 10.8 Å². The highest BCUT2D eigenvalue weighted by molar-refractivity contribution is 6.33. The van der Waals surface area contributed by atoms with Gasteiger partial charge in [0.25, 0.3) is 17.7 Å². The number of halogens is 1. The van der Waals surface area contributed by atoms with Gasteiger partial charge in [0, 0.05) is 86.8 Å². The normalized spacial score (nSPS) is 24.0. The molecule has 6 aliphatic rings. The molecule has 3 aromatic rings. The SMILES string of the molecule is [C-]#[N+]c1ccc(N2CC3(CCN(c4ccc(C(=O)N5CCC(C)(CN6Cc7cc8c(cc7C6)C(=O)N(C6CCC(=O)NC6=O)C8=O)CC5)cc4)CC3)C[C@@H]2C)cc1Cl. The lowest BCUT2D eigenvalue weighted by atomic mass is 9.76. The fourth-order valence-electron chi connectivity index (χ4n) is 10.5. The molecule has 9 rings (SSSR count). The van der Waals surface area contributed by atoms with E-state index in [-0.39, 0.29) is 29.6 Å². The molecular weight excluding hydrogens is 754 g/mol. The van der Waals surface area contributed by atoms with E-state index in [4.69, 9.17) is 18.2 Å². The van der Waals surface area contributed by atoms with Crippen LogP contribution in [0.1, 0.15) is 101 Å². The second-order valence-corrected chi connectivity index (χ2v) is 18.2. The van der Waals surface area contributed by atoms with Crippen LogP contribution in [0.3, 0.4) is 0 Å². The number of fused-ring (bicyclic) bond motifs is 2. The molecule has 2 atom stereocenters. The summed E-state index contributed by atoms with van der Waals surface area (Å²) in [4.78, 5) is 78.3. The third-order valence-corrected chi connectivity index (χ3v) is 14.2. The number of carbonyl (C=O) groups is 5. The molecule has 0 radical (unpaired) electrons. The summed E-state index contributed by atoms with van der Waals surface area (Å²) in [5, 5.41) is 2.76. The van der Waals surface area contributed by atoms with Crippen molar-refractivity contribution >= 4 is 58.2 Å². The molecule has 6 aliphatic heterocycles. The minimum atomic E-state index is -0.972. The standard InChI is InChI=1S/C45H48ClN7O5/c1-28-23-45(27-52(28)33-8-9-37(47-3)36(46)22-33)14-18-50(19-15-45)32-6-4-29(5-7-32)41(56)51-16-12-44(2,13-17-51)26-49-24-30-20-34-35(21-31(30)25-49)43(58)53(42(34)57)38-10-11-39(54)48-40(38)55/h4-9,20-22,28,38H,10-19,23-27H2,1-2H3,(H,48,54,55)/t28-,38?/m0/s1. The van der Waals surface area contributed by atoms with Gasteiger partial charge in [0.15, 0.2) is 0 Å². The van der Waals surface area contributed by atoms with Crippen LogP contribution in [0, 0.1) is 17.4 Å². The summed E-state index contributed by atoms with van der Waals surface area (Å²) in [6.45, 7) is 18.4. The minimum Gasteiger partial charge on any atom is -0.371 e. The highest BCUT2D eigenvalue weighted by Gasteiger charge is 2.47. The number of benzene rings is 3. The Morgan fingerprint density at radius 2 is 1.52 bits per heavy atom. The second-order valence-electron chi connectivity index (χ2n) is 17.8. The van der Waals surface area contributed by atoms with E-state index in [0.29, 0.717) is 59.6 Å². The predicted octanol–water partition coefficient (Wildman–Crippen LogP) is 6.44. The number of anilines is 2.